The van der Waals surface area contributed by atoms with Crippen LogP contribution in [0.25, 0.3) is 17.0 Å². The van der Waals surface area contributed by atoms with Crippen LogP contribution in [0.3, 0.4) is 0 Å². The second-order valence-electron chi connectivity index (χ2n) is 8.23. The van der Waals surface area contributed by atoms with Gasteiger partial charge in [0.05, 0.1) is 0 Å². The van der Waals surface area contributed by atoms with Crippen LogP contribution in [0.4, 0.5) is 0 Å². The Labute approximate surface area is 186 Å². The van der Waals surface area contributed by atoms with Crippen molar-refractivity contribution < 1.29 is 14.4 Å². The molecule has 0 aliphatic carbocycles. The number of thiocarbonyl (C=S) groups is 1. The number of likely N-dealkylation sites (tertiary alicyclic amines) is 1. The van der Waals surface area contributed by atoms with Crippen molar-refractivity contribution in [1.29, 1.82) is 0 Å². The van der Waals surface area contributed by atoms with Gasteiger partial charge in [0, 0.05) is 49.3 Å². The number of piperidine rings is 1. The first-order valence-electron chi connectivity index (χ1n) is 10.5. The van der Waals surface area contributed by atoms with E-state index >= 15 is 0 Å². The Morgan fingerprint density at radius 3 is 2.48 bits per heavy atom. The SMILES string of the molecule is C[C@H]1CCCCN1C(=O)Cn1cc(C=C2C(=O)N(C)C(=S)N(C)C2=O)c2ccccc21. The molecule has 7 nitrogen and oxygen atoms in total. The first kappa shape index (κ1) is 21.2. The van der Waals surface area contributed by atoms with E-state index in [1.807, 2.05) is 39.9 Å². The maximum atomic E-state index is 13.0. The number of aromatic nitrogens is 1. The number of nitrogens with zero attached hydrogens (tertiary/aromatic N) is 4. The molecule has 1 aromatic heterocycles. The molecule has 0 spiro atoms. The molecule has 4 rings (SSSR count). The van der Waals surface area contributed by atoms with Gasteiger partial charge in [0.25, 0.3) is 11.8 Å². The largest absolute Gasteiger partial charge is 0.338 e. The van der Waals surface area contributed by atoms with Crippen LogP contribution in [0.2, 0.25) is 0 Å². The van der Waals surface area contributed by atoms with Crippen LogP contribution in [0, 0.1) is 0 Å². The van der Waals surface area contributed by atoms with E-state index in [2.05, 4.69) is 6.92 Å². The number of amides is 3. The Morgan fingerprint density at radius 1 is 1.13 bits per heavy atom. The minimum Gasteiger partial charge on any atom is -0.338 e. The number of hydrogen-bond acceptors (Lipinski definition) is 4. The van der Waals surface area contributed by atoms with Crippen molar-refractivity contribution in [2.24, 2.45) is 0 Å². The van der Waals surface area contributed by atoms with Gasteiger partial charge in [0.1, 0.15) is 12.1 Å². The summed E-state index contributed by atoms with van der Waals surface area (Å²) in [5.74, 6) is -0.770. The molecule has 1 atom stereocenters. The average Bonchev–Trinajstić information content (AvgIpc) is 3.11. The van der Waals surface area contributed by atoms with Gasteiger partial charge in [-0.1, -0.05) is 18.2 Å². The summed E-state index contributed by atoms with van der Waals surface area (Å²) in [5, 5.41) is 1.06. The standard InChI is InChI=1S/C23H26N4O3S/c1-15-8-6-7-11-27(15)20(28)14-26-13-16(17-9-4-5-10-19(17)26)12-18-21(29)24(2)23(31)25(3)22(18)30/h4-5,9-10,12-13,15H,6-8,11,14H2,1-3H3/t15-/m0/s1. The zero-order valence-electron chi connectivity index (χ0n) is 18.0. The summed E-state index contributed by atoms with van der Waals surface area (Å²) in [4.78, 5) is 43.0. The van der Waals surface area contributed by atoms with Crippen molar-refractivity contribution in [2.45, 2.75) is 38.8 Å². The molecule has 0 bridgehead atoms. The topological polar surface area (TPSA) is 65.9 Å². The summed E-state index contributed by atoms with van der Waals surface area (Å²) < 4.78 is 1.90. The van der Waals surface area contributed by atoms with E-state index in [1.54, 1.807) is 20.2 Å². The van der Waals surface area contributed by atoms with Crippen molar-refractivity contribution in [3.05, 3.63) is 41.6 Å². The highest BCUT2D eigenvalue weighted by atomic mass is 32.1. The minimum atomic E-state index is -0.428. The normalized spacial score (nSPS) is 20.1. The predicted molar refractivity (Wildman–Crippen MR) is 123 cm³/mol. The Hall–Kier alpha value is -3.00. The maximum Gasteiger partial charge on any atom is 0.265 e. The van der Waals surface area contributed by atoms with Gasteiger partial charge < -0.3 is 9.47 Å². The highest BCUT2D eigenvalue weighted by molar-refractivity contribution is 7.80. The van der Waals surface area contributed by atoms with Crippen molar-refractivity contribution >= 4 is 52.0 Å². The maximum absolute atomic E-state index is 13.0. The van der Waals surface area contributed by atoms with Crippen LogP contribution in [-0.2, 0) is 20.9 Å². The molecule has 31 heavy (non-hydrogen) atoms. The minimum absolute atomic E-state index is 0.0532. The van der Waals surface area contributed by atoms with E-state index in [0.717, 1.165) is 42.3 Å². The highest BCUT2D eigenvalue weighted by Crippen LogP contribution is 2.26. The molecule has 3 amide bonds. The van der Waals surface area contributed by atoms with Crippen molar-refractivity contribution in [3.8, 4) is 0 Å². The first-order chi connectivity index (χ1) is 14.8. The monoisotopic (exact) mass is 438 g/mol. The molecule has 8 heteroatoms. The molecule has 2 aliphatic heterocycles. The predicted octanol–water partition coefficient (Wildman–Crippen LogP) is 2.64. The van der Waals surface area contributed by atoms with Crippen LogP contribution in [-0.4, -0.2) is 68.8 Å². The van der Waals surface area contributed by atoms with E-state index in [9.17, 15) is 14.4 Å². The summed E-state index contributed by atoms with van der Waals surface area (Å²) in [5.41, 5.74) is 1.67. The van der Waals surface area contributed by atoms with Crippen molar-refractivity contribution in [1.82, 2.24) is 19.3 Å². The number of benzene rings is 1. The van der Waals surface area contributed by atoms with Gasteiger partial charge in [-0.05, 0) is 50.5 Å². The lowest BCUT2D eigenvalue weighted by molar-refractivity contribution is -0.135. The molecule has 0 radical (unpaired) electrons. The Kier molecular flexibility index (Phi) is 5.66. The van der Waals surface area contributed by atoms with Gasteiger partial charge in [-0.25, -0.2) is 0 Å². The molecular formula is C23H26N4O3S. The second kappa shape index (κ2) is 8.26. The molecule has 0 unspecified atom stereocenters. The third-order valence-corrected chi connectivity index (χ3v) is 6.74. The fourth-order valence-corrected chi connectivity index (χ4v) is 4.52. The number of carbonyl (C=O) groups is 3. The summed E-state index contributed by atoms with van der Waals surface area (Å²) >= 11 is 5.16. The Bertz CT molecular complexity index is 1090. The number of fused-ring (bicyclic) bond motifs is 1. The van der Waals surface area contributed by atoms with Crippen LogP contribution >= 0.6 is 12.2 Å². The van der Waals surface area contributed by atoms with E-state index in [0.29, 0.717) is 0 Å². The van der Waals surface area contributed by atoms with E-state index < -0.39 is 11.8 Å². The smallest absolute Gasteiger partial charge is 0.265 e. The Morgan fingerprint density at radius 2 is 1.81 bits per heavy atom. The van der Waals surface area contributed by atoms with Crippen LogP contribution in [0.5, 0.6) is 0 Å². The lowest BCUT2D eigenvalue weighted by atomic mass is 10.0. The summed E-state index contributed by atoms with van der Waals surface area (Å²) in [6.07, 6.45) is 6.67. The van der Waals surface area contributed by atoms with Crippen molar-refractivity contribution in [3.63, 3.8) is 0 Å². The first-order valence-corrected chi connectivity index (χ1v) is 10.9. The molecule has 0 saturated carbocycles. The molecular weight excluding hydrogens is 412 g/mol. The number of likely N-dealkylation sites (N-methyl/N-ethyl adjacent to an activating group) is 2. The zero-order chi connectivity index (χ0) is 22.3. The zero-order valence-corrected chi connectivity index (χ0v) is 18.8. The molecule has 2 aromatic rings. The average molecular weight is 439 g/mol. The second-order valence-corrected chi connectivity index (χ2v) is 8.60. The number of hydrogen-bond donors (Lipinski definition) is 0. The molecule has 3 heterocycles. The quantitative estimate of drug-likeness (QED) is 0.420. The highest BCUT2D eigenvalue weighted by Gasteiger charge is 2.35. The summed E-state index contributed by atoms with van der Waals surface area (Å²) in [6.45, 7) is 3.11. The van der Waals surface area contributed by atoms with Crippen molar-refractivity contribution in [2.75, 3.05) is 20.6 Å². The van der Waals surface area contributed by atoms with Gasteiger partial charge in [0.2, 0.25) is 5.91 Å². The van der Waals surface area contributed by atoms with Gasteiger partial charge in [-0.15, -0.1) is 0 Å². The number of carbonyl (C=O) groups excluding carboxylic acids is 3. The molecule has 2 fully saturated rings. The fourth-order valence-electron chi connectivity index (χ4n) is 4.36. The van der Waals surface area contributed by atoms with Gasteiger partial charge in [-0.3, -0.25) is 24.2 Å². The summed E-state index contributed by atoms with van der Waals surface area (Å²) in [6, 6.07) is 7.95. The molecule has 2 aliphatic rings. The van der Waals surface area contributed by atoms with Gasteiger partial charge in [0.15, 0.2) is 5.11 Å². The van der Waals surface area contributed by atoms with E-state index in [4.69, 9.17) is 12.2 Å². The molecule has 162 valence electrons. The third-order valence-electron chi connectivity index (χ3n) is 6.19. The summed E-state index contributed by atoms with van der Waals surface area (Å²) in [7, 11) is 3.12. The van der Waals surface area contributed by atoms with Gasteiger partial charge in [-0.2, -0.15) is 0 Å². The molecule has 0 N–H and O–H groups in total. The van der Waals surface area contributed by atoms with Crippen LogP contribution in [0.15, 0.2) is 36.0 Å². The third kappa shape index (κ3) is 3.76. The Balaban J connectivity index is 1.71. The van der Waals surface area contributed by atoms with Crippen LogP contribution in [0.1, 0.15) is 31.7 Å². The number of rotatable bonds is 3. The molecule has 2 saturated heterocycles. The van der Waals surface area contributed by atoms with E-state index in [-0.39, 0.29) is 29.2 Å². The lowest BCUT2D eigenvalue weighted by Crippen LogP contribution is -2.52. The lowest BCUT2D eigenvalue weighted by Gasteiger charge is -2.33. The van der Waals surface area contributed by atoms with Gasteiger partial charge >= 0.3 is 0 Å². The fraction of sp³-hybridized carbons (Fsp3) is 0.391. The van der Waals surface area contributed by atoms with Crippen LogP contribution < -0.4 is 0 Å². The van der Waals surface area contributed by atoms with E-state index in [1.165, 1.54) is 9.80 Å². The molecule has 1 aromatic carbocycles. The number of para-hydroxylation sites is 1.